The van der Waals surface area contributed by atoms with Crippen LogP contribution in [0, 0.1) is 5.92 Å². The van der Waals surface area contributed by atoms with Crippen molar-refractivity contribution in [2.45, 2.75) is 19.8 Å². The molecule has 1 aromatic carbocycles. The van der Waals surface area contributed by atoms with Crippen LogP contribution in [0.2, 0.25) is 0 Å². The largest absolute Gasteiger partial charge is 0.496 e. The molecule has 1 aliphatic rings. The number of hydrogen-bond donors (Lipinski definition) is 0. The van der Waals surface area contributed by atoms with E-state index < -0.39 is 17.9 Å². The number of methoxy groups -OCH3 is 3. The van der Waals surface area contributed by atoms with Gasteiger partial charge in [0.1, 0.15) is 5.75 Å². The molecule has 0 bridgehead atoms. The SMILES string of the molecule is COC(=O)C1=CN(CC(C)C)C=C(C(=O)OC)C1c1cc(Br)ccc1OC. The van der Waals surface area contributed by atoms with Gasteiger partial charge in [0.05, 0.1) is 38.4 Å². The minimum absolute atomic E-state index is 0.326. The number of carbonyl (C=O) groups is 2. The topological polar surface area (TPSA) is 65.1 Å². The lowest BCUT2D eigenvalue weighted by Gasteiger charge is -2.31. The molecule has 7 heteroatoms. The Morgan fingerprint density at radius 2 is 1.63 bits per heavy atom. The van der Waals surface area contributed by atoms with Crippen molar-refractivity contribution in [3.63, 3.8) is 0 Å². The van der Waals surface area contributed by atoms with E-state index in [4.69, 9.17) is 14.2 Å². The van der Waals surface area contributed by atoms with Crippen LogP contribution in [0.4, 0.5) is 0 Å². The Labute approximate surface area is 167 Å². The molecule has 0 saturated carbocycles. The smallest absolute Gasteiger partial charge is 0.336 e. The van der Waals surface area contributed by atoms with E-state index in [2.05, 4.69) is 29.8 Å². The number of halogens is 1. The van der Waals surface area contributed by atoms with Crippen molar-refractivity contribution in [2.24, 2.45) is 5.92 Å². The van der Waals surface area contributed by atoms with Crippen LogP contribution in [-0.2, 0) is 19.1 Å². The van der Waals surface area contributed by atoms with E-state index in [0.717, 1.165) is 4.47 Å². The lowest BCUT2D eigenvalue weighted by atomic mass is 9.82. The van der Waals surface area contributed by atoms with Crippen molar-refractivity contribution in [3.8, 4) is 5.75 Å². The zero-order chi connectivity index (χ0) is 20.1. The summed E-state index contributed by atoms with van der Waals surface area (Å²) >= 11 is 3.45. The van der Waals surface area contributed by atoms with Crippen LogP contribution in [-0.4, -0.2) is 44.7 Å². The van der Waals surface area contributed by atoms with E-state index in [1.54, 1.807) is 25.6 Å². The molecular weight excluding hydrogens is 414 g/mol. The van der Waals surface area contributed by atoms with E-state index >= 15 is 0 Å². The normalized spacial score (nSPS) is 14.6. The summed E-state index contributed by atoms with van der Waals surface area (Å²) in [6.07, 6.45) is 3.45. The second kappa shape index (κ2) is 9.08. The van der Waals surface area contributed by atoms with Gasteiger partial charge in [-0.15, -0.1) is 0 Å². The predicted octanol–water partition coefficient (Wildman–Crippen LogP) is 3.63. The van der Waals surface area contributed by atoms with Crippen LogP contribution in [0.3, 0.4) is 0 Å². The van der Waals surface area contributed by atoms with Gasteiger partial charge in [-0.2, -0.15) is 0 Å². The third-order valence-electron chi connectivity index (χ3n) is 4.15. The van der Waals surface area contributed by atoms with Gasteiger partial charge in [-0.3, -0.25) is 0 Å². The second-order valence-electron chi connectivity index (χ2n) is 6.56. The molecular formula is C20H24BrNO5. The quantitative estimate of drug-likeness (QED) is 0.633. The third-order valence-corrected chi connectivity index (χ3v) is 4.65. The number of esters is 2. The molecule has 1 aromatic rings. The molecule has 0 spiro atoms. The molecule has 0 fully saturated rings. The fourth-order valence-corrected chi connectivity index (χ4v) is 3.46. The van der Waals surface area contributed by atoms with Crippen LogP contribution in [0.5, 0.6) is 5.75 Å². The van der Waals surface area contributed by atoms with Gasteiger partial charge in [-0.1, -0.05) is 29.8 Å². The molecule has 6 nitrogen and oxygen atoms in total. The van der Waals surface area contributed by atoms with Crippen LogP contribution in [0.1, 0.15) is 25.3 Å². The zero-order valence-electron chi connectivity index (χ0n) is 16.1. The Hall–Kier alpha value is -2.28. The molecule has 0 saturated heterocycles. The summed E-state index contributed by atoms with van der Waals surface area (Å²) in [5.74, 6) is -0.797. The number of benzene rings is 1. The summed E-state index contributed by atoms with van der Waals surface area (Å²) in [5.41, 5.74) is 1.36. The van der Waals surface area contributed by atoms with Gasteiger partial charge in [0.15, 0.2) is 0 Å². The summed E-state index contributed by atoms with van der Waals surface area (Å²) in [5, 5.41) is 0. The number of rotatable bonds is 6. The van der Waals surface area contributed by atoms with Gasteiger partial charge >= 0.3 is 11.9 Å². The minimum atomic E-state index is -0.666. The van der Waals surface area contributed by atoms with Crippen LogP contribution in [0.15, 0.2) is 46.2 Å². The molecule has 27 heavy (non-hydrogen) atoms. The fraction of sp³-hybridized carbons (Fsp3) is 0.400. The summed E-state index contributed by atoms with van der Waals surface area (Å²) in [4.78, 5) is 27.0. The van der Waals surface area contributed by atoms with E-state index in [-0.39, 0.29) is 0 Å². The highest BCUT2D eigenvalue weighted by atomic mass is 79.9. The summed E-state index contributed by atoms with van der Waals surface area (Å²) in [6, 6.07) is 5.44. The Kier molecular flexibility index (Phi) is 7.07. The van der Waals surface area contributed by atoms with E-state index in [1.807, 2.05) is 17.0 Å². The molecule has 146 valence electrons. The Morgan fingerprint density at radius 1 is 1.07 bits per heavy atom. The summed E-state index contributed by atoms with van der Waals surface area (Å²) in [6.45, 7) is 4.75. The fourth-order valence-electron chi connectivity index (χ4n) is 3.08. The standard InChI is InChI=1S/C20H24BrNO5/c1-12(2)9-22-10-15(19(23)26-4)18(16(11-22)20(24)27-5)14-8-13(21)6-7-17(14)25-3/h6-8,10-12,18H,9H2,1-5H3. The first kappa shape index (κ1) is 21.0. The van der Waals surface area contributed by atoms with Gasteiger partial charge in [0.2, 0.25) is 0 Å². The molecule has 0 N–H and O–H groups in total. The zero-order valence-corrected chi connectivity index (χ0v) is 17.7. The highest BCUT2D eigenvalue weighted by Gasteiger charge is 2.37. The van der Waals surface area contributed by atoms with Crippen LogP contribution < -0.4 is 4.74 Å². The molecule has 0 unspecified atom stereocenters. The number of hydrogen-bond acceptors (Lipinski definition) is 6. The second-order valence-corrected chi connectivity index (χ2v) is 7.48. The molecule has 0 aliphatic carbocycles. The molecule has 0 amide bonds. The monoisotopic (exact) mass is 437 g/mol. The first-order valence-electron chi connectivity index (χ1n) is 8.51. The van der Waals surface area contributed by atoms with Gasteiger partial charge in [0.25, 0.3) is 0 Å². The van der Waals surface area contributed by atoms with Crippen molar-refractivity contribution in [3.05, 3.63) is 51.8 Å². The Bertz CT molecular complexity index is 751. The molecule has 2 rings (SSSR count). The first-order valence-corrected chi connectivity index (χ1v) is 9.30. The maximum Gasteiger partial charge on any atom is 0.336 e. The summed E-state index contributed by atoms with van der Waals surface area (Å²) < 4.78 is 16.3. The van der Waals surface area contributed by atoms with E-state index in [9.17, 15) is 9.59 Å². The minimum Gasteiger partial charge on any atom is -0.496 e. The maximum absolute atomic E-state index is 12.6. The molecule has 1 aliphatic heterocycles. The first-order chi connectivity index (χ1) is 12.8. The number of ether oxygens (including phenoxy) is 3. The molecule has 0 atom stereocenters. The van der Waals surface area contributed by atoms with Gasteiger partial charge in [-0.05, 0) is 24.1 Å². The molecule has 0 aromatic heterocycles. The lowest BCUT2D eigenvalue weighted by Crippen LogP contribution is -2.30. The molecule has 1 heterocycles. The van der Waals surface area contributed by atoms with Gasteiger partial charge in [0, 0.05) is 29.0 Å². The number of nitrogens with zero attached hydrogens (tertiary/aromatic N) is 1. The van der Waals surface area contributed by atoms with Crippen molar-refractivity contribution in [2.75, 3.05) is 27.9 Å². The maximum atomic E-state index is 12.6. The average Bonchev–Trinajstić information content (AvgIpc) is 2.65. The van der Waals surface area contributed by atoms with Crippen molar-refractivity contribution < 1.29 is 23.8 Å². The van der Waals surface area contributed by atoms with E-state index in [0.29, 0.717) is 34.9 Å². The van der Waals surface area contributed by atoms with Crippen LogP contribution >= 0.6 is 15.9 Å². The average molecular weight is 438 g/mol. The predicted molar refractivity (Wildman–Crippen MR) is 105 cm³/mol. The van der Waals surface area contributed by atoms with E-state index in [1.165, 1.54) is 14.2 Å². The molecule has 0 radical (unpaired) electrons. The van der Waals surface area contributed by atoms with Crippen molar-refractivity contribution in [1.82, 2.24) is 4.90 Å². The Balaban J connectivity index is 2.69. The van der Waals surface area contributed by atoms with Crippen molar-refractivity contribution >= 4 is 27.9 Å². The lowest BCUT2D eigenvalue weighted by molar-refractivity contribution is -0.137. The van der Waals surface area contributed by atoms with Gasteiger partial charge < -0.3 is 19.1 Å². The van der Waals surface area contributed by atoms with Crippen LogP contribution in [0.25, 0.3) is 0 Å². The van der Waals surface area contributed by atoms with Gasteiger partial charge in [-0.25, -0.2) is 9.59 Å². The summed E-state index contributed by atoms with van der Waals surface area (Å²) in [7, 11) is 4.19. The Morgan fingerprint density at radius 3 is 2.07 bits per heavy atom. The highest BCUT2D eigenvalue weighted by molar-refractivity contribution is 9.10. The van der Waals surface area contributed by atoms with Crippen molar-refractivity contribution in [1.29, 1.82) is 0 Å². The highest BCUT2D eigenvalue weighted by Crippen LogP contribution is 2.42. The number of carbonyl (C=O) groups excluding carboxylic acids is 2. The third kappa shape index (κ3) is 4.71.